The summed E-state index contributed by atoms with van der Waals surface area (Å²) in [7, 11) is 0. The first-order chi connectivity index (χ1) is 10.1. The average molecular weight is 323 g/mol. The molecule has 2 rings (SSSR count). The Bertz CT molecular complexity index is 568. The van der Waals surface area contributed by atoms with E-state index >= 15 is 0 Å². The molecule has 0 spiro atoms. The van der Waals surface area contributed by atoms with Crippen LogP contribution in [0.1, 0.15) is 30.3 Å². The van der Waals surface area contributed by atoms with Crippen molar-refractivity contribution in [2.24, 2.45) is 0 Å². The van der Waals surface area contributed by atoms with Gasteiger partial charge in [-0.25, -0.2) is 4.79 Å². The largest absolute Gasteiger partial charge is 0.331 e. The fourth-order valence-electron chi connectivity index (χ4n) is 2.03. The van der Waals surface area contributed by atoms with Gasteiger partial charge in [0.2, 0.25) is 0 Å². The summed E-state index contributed by atoms with van der Waals surface area (Å²) in [5, 5.41) is 5.75. The number of carbonyl (C=O) groups is 1. The molecular formula is C16H19ClN2OS. The maximum Gasteiger partial charge on any atom is 0.318 e. The molecule has 0 saturated carbocycles. The van der Waals surface area contributed by atoms with E-state index in [1.54, 1.807) is 16.2 Å². The lowest BCUT2D eigenvalue weighted by Gasteiger charge is -2.23. The van der Waals surface area contributed by atoms with Crippen LogP contribution in [0.4, 0.5) is 4.79 Å². The number of nitrogens with one attached hydrogen (secondary N) is 1. The summed E-state index contributed by atoms with van der Waals surface area (Å²) in [6.45, 7) is 5.28. The van der Waals surface area contributed by atoms with Gasteiger partial charge in [0.1, 0.15) is 0 Å². The van der Waals surface area contributed by atoms with Gasteiger partial charge >= 0.3 is 6.03 Å². The number of halogens is 1. The molecule has 1 heterocycles. The highest BCUT2D eigenvalue weighted by Gasteiger charge is 2.15. The van der Waals surface area contributed by atoms with Crippen LogP contribution in [0.5, 0.6) is 0 Å². The second kappa shape index (κ2) is 7.48. The number of nitrogens with zero attached hydrogens (tertiary/aromatic N) is 1. The Hall–Kier alpha value is -1.52. The Balaban J connectivity index is 1.96. The van der Waals surface area contributed by atoms with Crippen LogP contribution in [0, 0.1) is 0 Å². The normalized spacial score (nSPS) is 12.0. The maximum atomic E-state index is 12.3. The molecule has 0 bridgehead atoms. The van der Waals surface area contributed by atoms with Crippen LogP contribution >= 0.6 is 22.9 Å². The van der Waals surface area contributed by atoms with Crippen LogP contribution in [0.15, 0.2) is 41.8 Å². The van der Waals surface area contributed by atoms with Crippen molar-refractivity contribution < 1.29 is 4.79 Å². The fraction of sp³-hybridized carbons (Fsp3) is 0.312. The van der Waals surface area contributed by atoms with Crippen LogP contribution in [0.3, 0.4) is 0 Å². The first-order valence-electron chi connectivity index (χ1n) is 6.93. The van der Waals surface area contributed by atoms with E-state index in [-0.39, 0.29) is 12.1 Å². The quantitative estimate of drug-likeness (QED) is 0.850. The average Bonchev–Trinajstić information content (AvgIpc) is 2.98. The second-order valence-corrected chi connectivity index (χ2v) is 6.28. The minimum Gasteiger partial charge on any atom is -0.331 e. The van der Waals surface area contributed by atoms with Gasteiger partial charge in [0.05, 0.1) is 12.6 Å². The molecule has 1 atom stereocenters. The van der Waals surface area contributed by atoms with Gasteiger partial charge in [0.25, 0.3) is 0 Å². The zero-order chi connectivity index (χ0) is 15.2. The number of amides is 2. The van der Waals surface area contributed by atoms with Crippen LogP contribution in [-0.2, 0) is 6.54 Å². The molecule has 0 aliphatic carbocycles. The standard InChI is InChI=1S/C16H19ClN2OS/c1-3-19(11-15-5-4-10-21-15)16(20)18-12(2)13-6-8-14(17)9-7-13/h4-10,12H,3,11H2,1-2H3,(H,18,20). The predicted molar refractivity (Wildman–Crippen MR) is 88.8 cm³/mol. The van der Waals surface area contributed by atoms with Gasteiger partial charge in [0, 0.05) is 16.4 Å². The number of hydrogen-bond acceptors (Lipinski definition) is 2. The summed E-state index contributed by atoms with van der Waals surface area (Å²) in [6, 6.07) is 11.5. The highest BCUT2D eigenvalue weighted by molar-refractivity contribution is 7.09. The van der Waals surface area contributed by atoms with Crippen molar-refractivity contribution >= 4 is 29.0 Å². The van der Waals surface area contributed by atoms with Crippen molar-refractivity contribution in [3.63, 3.8) is 0 Å². The number of benzene rings is 1. The van der Waals surface area contributed by atoms with Crippen molar-refractivity contribution in [1.29, 1.82) is 0 Å². The Kier molecular flexibility index (Phi) is 5.65. The Morgan fingerprint density at radius 1 is 1.33 bits per heavy atom. The molecule has 1 aromatic carbocycles. The Labute approximate surface area is 134 Å². The van der Waals surface area contributed by atoms with Gasteiger partial charge in [-0.2, -0.15) is 0 Å². The lowest BCUT2D eigenvalue weighted by Crippen LogP contribution is -2.40. The number of urea groups is 1. The third-order valence-electron chi connectivity index (χ3n) is 3.31. The lowest BCUT2D eigenvalue weighted by molar-refractivity contribution is 0.195. The number of rotatable bonds is 5. The SMILES string of the molecule is CCN(Cc1cccs1)C(=O)NC(C)c1ccc(Cl)cc1. The number of thiophene rings is 1. The monoisotopic (exact) mass is 322 g/mol. The van der Waals surface area contributed by atoms with E-state index in [0.717, 1.165) is 5.56 Å². The summed E-state index contributed by atoms with van der Waals surface area (Å²) in [5.41, 5.74) is 1.04. The zero-order valence-corrected chi connectivity index (χ0v) is 13.7. The van der Waals surface area contributed by atoms with E-state index in [4.69, 9.17) is 11.6 Å². The van der Waals surface area contributed by atoms with Gasteiger partial charge in [-0.1, -0.05) is 29.8 Å². The topological polar surface area (TPSA) is 32.3 Å². The predicted octanol–water partition coefficient (Wildman–Crippen LogP) is 4.69. The van der Waals surface area contributed by atoms with Crippen LogP contribution in [0.25, 0.3) is 0 Å². The van der Waals surface area contributed by atoms with Crippen molar-refractivity contribution in [1.82, 2.24) is 10.2 Å². The third-order valence-corrected chi connectivity index (χ3v) is 4.42. The Morgan fingerprint density at radius 2 is 2.05 bits per heavy atom. The van der Waals surface area contributed by atoms with Crippen LogP contribution in [-0.4, -0.2) is 17.5 Å². The van der Waals surface area contributed by atoms with Gasteiger partial charge in [-0.05, 0) is 43.0 Å². The molecule has 3 nitrogen and oxygen atoms in total. The van der Waals surface area contributed by atoms with E-state index in [0.29, 0.717) is 18.1 Å². The minimum absolute atomic E-state index is 0.0478. The highest BCUT2D eigenvalue weighted by Crippen LogP contribution is 2.17. The molecule has 0 saturated heterocycles. The van der Waals surface area contributed by atoms with Crippen molar-refractivity contribution in [2.75, 3.05) is 6.54 Å². The van der Waals surface area contributed by atoms with Crippen molar-refractivity contribution in [2.45, 2.75) is 26.4 Å². The van der Waals surface area contributed by atoms with Gasteiger partial charge in [-0.3, -0.25) is 0 Å². The summed E-state index contributed by atoms with van der Waals surface area (Å²) < 4.78 is 0. The molecule has 21 heavy (non-hydrogen) atoms. The summed E-state index contributed by atoms with van der Waals surface area (Å²) in [5.74, 6) is 0. The van der Waals surface area contributed by atoms with Crippen LogP contribution in [0.2, 0.25) is 5.02 Å². The highest BCUT2D eigenvalue weighted by atomic mass is 35.5. The molecule has 1 aromatic heterocycles. The molecule has 0 radical (unpaired) electrons. The van der Waals surface area contributed by atoms with E-state index in [1.807, 2.05) is 55.6 Å². The first kappa shape index (κ1) is 15.9. The maximum absolute atomic E-state index is 12.3. The van der Waals surface area contributed by atoms with Gasteiger partial charge < -0.3 is 10.2 Å². The zero-order valence-electron chi connectivity index (χ0n) is 12.2. The molecule has 1 unspecified atom stereocenters. The smallest absolute Gasteiger partial charge is 0.318 e. The molecule has 2 amide bonds. The van der Waals surface area contributed by atoms with Crippen molar-refractivity contribution in [3.05, 3.63) is 57.2 Å². The Morgan fingerprint density at radius 3 is 2.62 bits per heavy atom. The van der Waals surface area contributed by atoms with E-state index in [1.165, 1.54) is 4.88 Å². The number of carbonyl (C=O) groups excluding carboxylic acids is 1. The molecule has 5 heteroatoms. The van der Waals surface area contributed by atoms with Crippen LogP contribution < -0.4 is 5.32 Å². The molecule has 0 fully saturated rings. The summed E-state index contributed by atoms with van der Waals surface area (Å²) >= 11 is 7.54. The number of hydrogen-bond donors (Lipinski definition) is 1. The first-order valence-corrected chi connectivity index (χ1v) is 8.19. The van der Waals surface area contributed by atoms with E-state index in [2.05, 4.69) is 5.32 Å². The van der Waals surface area contributed by atoms with Gasteiger partial charge in [-0.15, -0.1) is 11.3 Å². The molecule has 0 aliphatic heterocycles. The van der Waals surface area contributed by atoms with E-state index in [9.17, 15) is 4.79 Å². The van der Waals surface area contributed by atoms with Gasteiger partial charge in [0.15, 0.2) is 0 Å². The molecule has 2 aromatic rings. The third kappa shape index (κ3) is 4.48. The molecule has 0 aliphatic rings. The summed E-state index contributed by atoms with van der Waals surface area (Å²) in [6.07, 6.45) is 0. The molecule has 112 valence electrons. The lowest BCUT2D eigenvalue weighted by atomic mass is 10.1. The van der Waals surface area contributed by atoms with E-state index < -0.39 is 0 Å². The fourth-order valence-corrected chi connectivity index (χ4v) is 2.87. The molecular weight excluding hydrogens is 304 g/mol. The minimum atomic E-state index is -0.0489. The molecule has 1 N–H and O–H groups in total. The second-order valence-electron chi connectivity index (χ2n) is 4.82. The van der Waals surface area contributed by atoms with Crippen molar-refractivity contribution in [3.8, 4) is 0 Å². The summed E-state index contributed by atoms with van der Waals surface area (Å²) in [4.78, 5) is 15.3.